The third-order valence-corrected chi connectivity index (χ3v) is 4.64. The van der Waals surface area contributed by atoms with Crippen LogP contribution in [0.25, 0.3) is 22.4 Å². The molecule has 1 N–H and O–H groups in total. The lowest BCUT2D eigenvalue weighted by molar-refractivity contribution is 0.340. The van der Waals surface area contributed by atoms with Crippen LogP contribution in [0.5, 0.6) is 5.75 Å². The lowest BCUT2D eigenvalue weighted by Gasteiger charge is -2.02. The van der Waals surface area contributed by atoms with Gasteiger partial charge in [-0.1, -0.05) is 23.9 Å². The number of para-hydroxylation sites is 1. The molecule has 0 saturated heterocycles. The smallest absolute Gasteiger partial charge is 0.277 e. The van der Waals surface area contributed by atoms with Crippen molar-refractivity contribution in [3.63, 3.8) is 0 Å². The van der Waals surface area contributed by atoms with Gasteiger partial charge in [0.15, 0.2) is 0 Å². The molecule has 8 heteroatoms. The molecule has 0 radical (unpaired) electrons. The Morgan fingerprint density at radius 3 is 2.74 bits per heavy atom. The van der Waals surface area contributed by atoms with Gasteiger partial charge in [0.05, 0.1) is 23.3 Å². The van der Waals surface area contributed by atoms with Crippen LogP contribution < -0.4 is 10.3 Å². The third kappa shape index (κ3) is 3.85. The zero-order valence-electron chi connectivity index (χ0n) is 14.5. The molecule has 0 aliphatic carbocycles. The minimum absolute atomic E-state index is 0.156. The van der Waals surface area contributed by atoms with E-state index in [0.717, 1.165) is 11.3 Å². The SMILES string of the molecule is CCOc1ccc(-c2nnc(SCc3nc4ccccc4c(=O)[nH]3)o2)cc1. The Bertz CT molecular complexity index is 1120. The molecule has 2 aromatic carbocycles. The normalized spacial score (nSPS) is 11.0. The molecular weight excluding hydrogens is 364 g/mol. The second-order valence-electron chi connectivity index (χ2n) is 5.65. The molecule has 0 fully saturated rings. The van der Waals surface area contributed by atoms with Crippen molar-refractivity contribution in [3.05, 3.63) is 64.7 Å². The monoisotopic (exact) mass is 380 g/mol. The lowest BCUT2D eigenvalue weighted by Crippen LogP contribution is -2.11. The Hall–Kier alpha value is -3.13. The van der Waals surface area contributed by atoms with Gasteiger partial charge in [0.1, 0.15) is 11.6 Å². The van der Waals surface area contributed by atoms with E-state index in [9.17, 15) is 4.79 Å². The van der Waals surface area contributed by atoms with Gasteiger partial charge in [-0.15, -0.1) is 10.2 Å². The highest BCUT2D eigenvalue weighted by Crippen LogP contribution is 2.26. The molecule has 0 spiro atoms. The van der Waals surface area contributed by atoms with Crippen molar-refractivity contribution in [2.45, 2.75) is 17.9 Å². The van der Waals surface area contributed by atoms with Crippen molar-refractivity contribution in [1.29, 1.82) is 0 Å². The van der Waals surface area contributed by atoms with Crippen LogP contribution in [0.2, 0.25) is 0 Å². The molecule has 0 amide bonds. The molecule has 0 atom stereocenters. The fraction of sp³-hybridized carbons (Fsp3) is 0.158. The molecule has 0 aliphatic heterocycles. The van der Waals surface area contributed by atoms with E-state index in [0.29, 0.717) is 40.2 Å². The number of nitrogens with one attached hydrogen (secondary N) is 1. The highest BCUT2D eigenvalue weighted by Gasteiger charge is 2.11. The Morgan fingerprint density at radius 2 is 1.93 bits per heavy atom. The van der Waals surface area contributed by atoms with E-state index in [-0.39, 0.29) is 5.56 Å². The van der Waals surface area contributed by atoms with Crippen LogP contribution in [0.4, 0.5) is 0 Å². The first-order valence-corrected chi connectivity index (χ1v) is 9.39. The Kier molecular flexibility index (Phi) is 4.88. The van der Waals surface area contributed by atoms with E-state index < -0.39 is 0 Å². The Morgan fingerprint density at radius 1 is 1.11 bits per heavy atom. The molecule has 7 nitrogen and oxygen atoms in total. The van der Waals surface area contributed by atoms with E-state index in [4.69, 9.17) is 9.15 Å². The second-order valence-corrected chi connectivity index (χ2v) is 6.58. The maximum Gasteiger partial charge on any atom is 0.277 e. The zero-order valence-corrected chi connectivity index (χ0v) is 15.3. The molecule has 0 saturated carbocycles. The second kappa shape index (κ2) is 7.63. The summed E-state index contributed by atoms with van der Waals surface area (Å²) in [6.45, 7) is 2.55. The van der Waals surface area contributed by atoms with Gasteiger partial charge < -0.3 is 14.1 Å². The number of ether oxygens (including phenoxy) is 1. The lowest BCUT2D eigenvalue weighted by atomic mass is 10.2. The third-order valence-electron chi connectivity index (χ3n) is 3.81. The van der Waals surface area contributed by atoms with Crippen molar-refractivity contribution in [1.82, 2.24) is 20.2 Å². The number of benzene rings is 2. The molecule has 0 aliphatic rings. The van der Waals surface area contributed by atoms with Crippen LogP contribution in [-0.2, 0) is 5.75 Å². The predicted octanol–water partition coefficient (Wildman–Crippen LogP) is 3.66. The highest BCUT2D eigenvalue weighted by atomic mass is 32.2. The maximum atomic E-state index is 12.1. The summed E-state index contributed by atoms with van der Waals surface area (Å²) in [4.78, 5) is 19.4. The summed E-state index contributed by atoms with van der Waals surface area (Å²) in [6.07, 6.45) is 0. The number of nitrogens with zero attached hydrogens (tertiary/aromatic N) is 3. The fourth-order valence-corrected chi connectivity index (χ4v) is 3.21. The van der Waals surface area contributed by atoms with Gasteiger partial charge in [-0.3, -0.25) is 4.79 Å². The van der Waals surface area contributed by atoms with Gasteiger partial charge >= 0.3 is 0 Å². The maximum absolute atomic E-state index is 12.1. The van der Waals surface area contributed by atoms with Gasteiger partial charge in [0.25, 0.3) is 10.8 Å². The number of fused-ring (bicyclic) bond motifs is 1. The highest BCUT2D eigenvalue weighted by molar-refractivity contribution is 7.98. The first kappa shape index (κ1) is 17.3. The van der Waals surface area contributed by atoms with Crippen molar-refractivity contribution in [2.24, 2.45) is 0 Å². The van der Waals surface area contributed by atoms with Crippen LogP contribution >= 0.6 is 11.8 Å². The summed E-state index contributed by atoms with van der Waals surface area (Å²) in [6, 6.07) is 14.7. The van der Waals surface area contributed by atoms with Gasteiger partial charge in [-0.2, -0.15) is 0 Å². The molecule has 0 bridgehead atoms. The number of H-pyrrole nitrogens is 1. The number of aromatic nitrogens is 4. The van der Waals surface area contributed by atoms with E-state index in [1.807, 2.05) is 49.4 Å². The molecule has 4 aromatic rings. The largest absolute Gasteiger partial charge is 0.494 e. The van der Waals surface area contributed by atoms with Crippen LogP contribution in [0.3, 0.4) is 0 Å². The molecule has 136 valence electrons. The first-order chi connectivity index (χ1) is 13.2. The average Bonchev–Trinajstić information content (AvgIpc) is 3.16. The average molecular weight is 380 g/mol. The minimum Gasteiger partial charge on any atom is -0.494 e. The number of aromatic amines is 1. The van der Waals surface area contributed by atoms with Crippen LogP contribution in [0.15, 0.2) is 63.0 Å². The van der Waals surface area contributed by atoms with E-state index in [1.165, 1.54) is 11.8 Å². The summed E-state index contributed by atoms with van der Waals surface area (Å²) >= 11 is 1.32. The van der Waals surface area contributed by atoms with Crippen LogP contribution in [-0.4, -0.2) is 26.8 Å². The quantitative estimate of drug-likeness (QED) is 0.510. The van der Waals surface area contributed by atoms with Crippen molar-refractivity contribution in [3.8, 4) is 17.2 Å². The molecule has 2 aromatic heterocycles. The molecule has 2 heterocycles. The van der Waals surface area contributed by atoms with E-state index in [1.54, 1.807) is 6.07 Å². The van der Waals surface area contributed by atoms with Gasteiger partial charge in [-0.25, -0.2) is 4.98 Å². The standard InChI is InChI=1S/C19H16N4O3S/c1-2-25-13-9-7-12(8-10-13)18-22-23-19(26-18)27-11-16-20-15-6-4-3-5-14(15)17(24)21-16/h3-10H,2,11H2,1H3,(H,20,21,24). The van der Waals surface area contributed by atoms with E-state index >= 15 is 0 Å². The minimum atomic E-state index is -0.156. The van der Waals surface area contributed by atoms with Crippen molar-refractivity contribution >= 4 is 22.7 Å². The molecule has 0 unspecified atom stereocenters. The van der Waals surface area contributed by atoms with Gasteiger partial charge in [-0.05, 0) is 43.3 Å². The number of hydrogen-bond donors (Lipinski definition) is 1. The summed E-state index contributed by atoms with van der Waals surface area (Å²) in [5, 5.41) is 9.10. The topological polar surface area (TPSA) is 93.9 Å². The first-order valence-electron chi connectivity index (χ1n) is 8.40. The van der Waals surface area contributed by atoms with Crippen LogP contribution in [0.1, 0.15) is 12.7 Å². The predicted molar refractivity (Wildman–Crippen MR) is 103 cm³/mol. The van der Waals surface area contributed by atoms with Gasteiger partial charge in [0, 0.05) is 5.56 Å². The zero-order chi connectivity index (χ0) is 18.6. The Labute approximate surface area is 158 Å². The summed E-state index contributed by atoms with van der Waals surface area (Å²) in [5.41, 5.74) is 1.32. The Balaban J connectivity index is 1.47. The summed E-state index contributed by atoms with van der Waals surface area (Å²) < 4.78 is 11.1. The summed E-state index contributed by atoms with van der Waals surface area (Å²) in [5.74, 6) is 2.21. The number of hydrogen-bond acceptors (Lipinski definition) is 7. The molecular formula is C19H16N4O3S. The summed E-state index contributed by atoms with van der Waals surface area (Å²) in [7, 11) is 0. The molecule has 4 rings (SSSR count). The van der Waals surface area contributed by atoms with Gasteiger partial charge in [0.2, 0.25) is 5.89 Å². The fourth-order valence-electron chi connectivity index (χ4n) is 2.58. The van der Waals surface area contributed by atoms with Crippen molar-refractivity contribution in [2.75, 3.05) is 6.61 Å². The van der Waals surface area contributed by atoms with Crippen LogP contribution in [0, 0.1) is 0 Å². The number of thioether (sulfide) groups is 1. The van der Waals surface area contributed by atoms with Crippen molar-refractivity contribution < 1.29 is 9.15 Å². The molecule has 27 heavy (non-hydrogen) atoms. The number of rotatable bonds is 6. The van der Waals surface area contributed by atoms with E-state index in [2.05, 4.69) is 20.2 Å².